The summed E-state index contributed by atoms with van der Waals surface area (Å²) in [6.45, 7) is 2.00. The molecule has 2 N–H and O–H groups in total. The van der Waals surface area contributed by atoms with Crippen LogP contribution in [0.25, 0.3) is 11.1 Å². The Morgan fingerprint density at radius 2 is 1.71 bits per heavy atom. The summed E-state index contributed by atoms with van der Waals surface area (Å²) in [5.41, 5.74) is 4.07. The minimum Gasteiger partial charge on any atom is -0.478 e. The number of aromatic carboxylic acids is 1. The van der Waals surface area contributed by atoms with Crippen LogP contribution in [0.3, 0.4) is 0 Å². The molecule has 1 amide bonds. The molecule has 24 heavy (non-hydrogen) atoms. The van der Waals surface area contributed by atoms with Gasteiger partial charge in [0.05, 0.1) is 5.56 Å². The molecule has 0 aliphatic heterocycles. The average molecular weight is 323 g/mol. The minimum absolute atomic E-state index is 0.100. The van der Waals surface area contributed by atoms with Crippen molar-refractivity contribution >= 4 is 17.6 Å². The van der Waals surface area contributed by atoms with E-state index in [4.69, 9.17) is 5.11 Å². The maximum absolute atomic E-state index is 12.3. The van der Waals surface area contributed by atoms with E-state index in [1.54, 1.807) is 24.3 Å². The number of amides is 1. The fourth-order valence-electron chi connectivity index (χ4n) is 3.24. The molecule has 0 saturated heterocycles. The van der Waals surface area contributed by atoms with Gasteiger partial charge in [0.1, 0.15) is 0 Å². The Morgan fingerprint density at radius 1 is 1.04 bits per heavy atom. The van der Waals surface area contributed by atoms with E-state index in [0.717, 1.165) is 48.1 Å². The third-order valence-electron chi connectivity index (χ3n) is 4.67. The van der Waals surface area contributed by atoms with Crippen LogP contribution in [0.2, 0.25) is 0 Å². The zero-order valence-corrected chi connectivity index (χ0v) is 13.7. The van der Waals surface area contributed by atoms with E-state index in [-0.39, 0.29) is 17.4 Å². The largest absolute Gasteiger partial charge is 0.478 e. The lowest BCUT2D eigenvalue weighted by Crippen LogP contribution is -2.20. The Morgan fingerprint density at radius 3 is 2.33 bits per heavy atom. The van der Waals surface area contributed by atoms with Crippen LogP contribution in [-0.2, 0) is 4.79 Å². The molecule has 124 valence electrons. The fourth-order valence-corrected chi connectivity index (χ4v) is 3.24. The Hall–Kier alpha value is -2.62. The summed E-state index contributed by atoms with van der Waals surface area (Å²) in [7, 11) is 0. The molecule has 0 atom stereocenters. The number of anilines is 1. The van der Waals surface area contributed by atoms with Gasteiger partial charge in [-0.1, -0.05) is 31.0 Å². The average Bonchev–Trinajstić information content (AvgIpc) is 3.11. The van der Waals surface area contributed by atoms with E-state index >= 15 is 0 Å². The molecule has 0 heterocycles. The van der Waals surface area contributed by atoms with E-state index in [1.807, 2.05) is 25.1 Å². The second-order valence-electron chi connectivity index (χ2n) is 6.38. The lowest BCUT2D eigenvalue weighted by molar-refractivity contribution is -0.119. The third-order valence-corrected chi connectivity index (χ3v) is 4.67. The molecule has 0 bridgehead atoms. The number of aryl methyl sites for hydroxylation is 1. The molecular formula is C20H21NO3. The van der Waals surface area contributed by atoms with Gasteiger partial charge in [-0.3, -0.25) is 4.79 Å². The van der Waals surface area contributed by atoms with Gasteiger partial charge in [0.15, 0.2) is 0 Å². The van der Waals surface area contributed by atoms with Crippen molar-refractivity contribution in [2.45, 2.75) is 32.6 Å². The quantitative estimate of drug-likeness (QED) is 0.871. The molecule has 3 rings (SSSR count). The highest BCUT2D eigenvalue weighted by Crippen LogP contribution is 2.29. The summed E-state index contributed by atoms with van der Waals surface area (Å²) < 4.78 is 0. The van der Waals surface area contributed by atoms with Crippen molar-refractivity contribution in [3.63, 3.8) is 0 Å². The van der Waals surface area contributed by atoms with Crippen LogP contribution in [0.4, 0.5) is 5.69 Å². The molecule has 0 unspecified atom stereocenters. The van der Waals surface area contributed by atoms with Crippen molar-refractivity contribution in [2.75, 3.05) is 5.32 Å². The van der Waals surface area contributed by atoms with Crippen molar-refractivity contribution in [3.8, 4) is 11.1 Å². The summed E-state index contributed by atoms with van der Waals surface area (Å²) in [5, 5.41) is 12.0. The van der Waals surface area contributed by atoms with Crippen LogP contribution < -0.4 is 5.32 Å². The summed E-state index contributed by atoms with van der Waals surface area (Å²) in [5.74, 6) is -0.705. The first-order valence-corrected chi connectivity index (χ1v) is 8.30. The van der Waals surface area contributed by atoms with Crippen molar-refractivity contribution in [3.05, 3.63) is 53.6 Å². The minimum atomic E-state index is -0.934. The highest BCUT2D eigenvalue weighted by molar-refractivity contribution is 5.93. The highest BCUT2D eigenvalue weighted by atomic mass is 16.4. The number of hydrogen-bond donors (Lipinski definition) is 2. The number of nitrogens with one attached hydrogen (secondary N) is 1. The van der Waals surface area contributed by atoms with Crippen molar-refractivity contribution in [2.24, 2.45) is 5.92 Å². The molecule has 1 saturated carbocycles. The van der Waals surface area contributed by atoms with Gasteiger partial charge in [-0.25, -0.2) is 4.79 Å². The number of carboxylic acid groups (broad SMARTS) is 1. The maximum atomic E-state index is 12.3. The number of benzene rings is 2. The molecule has 1 aliphatic carbocycles. The Labute approximate surface area is 141 Å². The highest BCUT2D eigenvalue weighted by Gasteiger charge is 2.22. The zero-order chi connectivity index (χ0) is 17.1. The first-order chi connectivity index (χ1) is 11.5. The van der Waals surface area contributed by atoms with Crippen LogP contribution in [0.1, 0.15) is 41.6 Å². The molecule has 4 nitrogen and oxygen atoms in total. The molecule has 0 radical (unpaired) electrons. The van der Waals surface area contributed by atoms with Crippen molar-refractivity contribution in [1.82, 2.24) is 0 Å². The zero-order valence-electron chi connectivity index (χ0n) is 13.7. The number of rotatable bonds is 4. The first-order valence-electron chi connectivity index (χ1n) is 8.30. The topological polar surface area (TPSA) is 66.4 Å². The molecule has 1 aliphatic rings. The van der Waals surface area contributed by atoms with E-state index in [1.165, 1.54) is 0 Å². The number of hydrogen-bond acceptors (Lipinski definition) is 2. The SMILES string of the molecule is Cc1ccc(NC(=O)C2CCCC2)cc1-c1ccc(C(=O)O)cc1. The standard InChI is InChI=1S/C20H21NO3/c1-13-6-11-17(21-19(22)15-4-2-3-5-15)12-18(13)14-7-9-16(10-8-14)20(23)24/h6-12,15H,2-5H2,1H3,(H,21,22)(H,23,24). The van der Waals surface area contributed by atoms with Crippen LogP contribution in [0, 0.1) is 12.8 Å². The van der Waals surface area contributed by atoms with E-state index in [9.17, 15) is 9.59 Å². The molecule has 2 aromatic carbocycles. The number of carbonyl (C=O) groups is 2. The van der Waals surface area contributed by atoms with Crippen LogP contribution in [0.15, 0.2) is 42.5 Å². The molecule has 0 aromatic heterocycles. The molecular weight excluding hydrogens is 302 g/mol. The van der Waals surface area contributed by atoms with Gasteiger partial charge < -0.3 is 10.4 Å². The Bertz CT molecular complexity index is 759. The lowest BCUT2D eigenvalue weighted by atomic mass is 9.98. The number of carbonyl (C=O) groups excluding carboxylic acids is 1. The first kappa shape index (κ1) is 16.2. The number of carboxylic acids is 1. The van der Waals surface area contributed by atoms with E-state index < -0.39 is 5.97 Å². The summed E-state index contributed by atoms with van der Waals surface area (Å²) in [4.78, 5) is 23.3. The fraction of sp³-hybridized carbons (Fsp3) is 0.300. The second kappa shape index (κ2) is 6.87. The van der Waals surface area contributed by atoms with E-state index in [2.05, 4.69) is 5.32 Å². The molecule has 0 spiro atoms. The van der Waals surface area contributed by atoms with Gasteiger partial charge >= 0.3 is 5.97 Å². The summed E-state index contributed by atoms with van der Waals surface area (Å²) in [6.07, 6.45) is 4.21. The molecule has 4 heteroatoms. The smallest absolute Gasteiger partial charge is 0.335 e. The van der Waals surface area contributed by atoms with Crippen molar-refractivity contribution in [1.29, 1.82) is 0 Å². The Balaban J connectivity index is 1.83. The molecule has 2 aromatic rings. The normalized spacial score (nSPS) is 14.5. The van der Waals surface area contributed by atoms with E-state index in [0.29, 0.717) is 0 Å². The Kier molecular flexibility index (Phi) is 4.65. The summed E-state index contributed by atoms with van der Waals surface area (Å²) in [6, 6.07) is 12.6. The van der Waals surface area contributed by atoms with Gasteiger partial charge in [-0.05, 0) is 60.7 Å². The predicted octanol–water partition coefficient (Wildman–Crippen LogP) is 4.49. The second-order valence-corrected chi connectivity index (χ2v) is 6.38. The van der Waals surface area contributed by atoms with Gasteiger partial charge in [0.25, 0.3) is 0 Å². The predicted molar refractivity (Wildman–Crippen MR) is 94.2 cm³/mol. The maximum Gasteiger partial charge on any atom is 0.335 e. The van der Waals surface area contributed by atoms with Crippen LogP contribution in [-0.4, -0.2) is 17.0 Å². The van der Waals surface area contributed by atoms with Gasteiger partial charge in [0.2, 0.25) is 5.91 Å². The monoisotopic (exact) mass is 323 g/mol. The third kappa shape index (κ3) is 3.48. The van der Waals surface area contributed by atoms with Gasteiger partial charge in [-0.15, -0.1) is 0 Å². The van der Waals surface area contributed by atoms with Crippen molar-refractivity contribution < 1.29 is 14.7 Å². The summed E-state index contributed by atoms with van der Waals surface area (Å²) >= 11 is 0. The van der Waals surface area contributed by atoms with Gasteiger partial charge in [-0.2, -0.15) is 0 Å². The van der Waals surface area contributed by atoms with Crippen LogP contribution in [0.5, 0.6) is 0 Å². The van der Waals surface area contributed by atoms with Crippen LogP contribution >= 0.6 is 0 Å². The molecule has 1 fully saturated rings. The lowest BCUT2D eigenvalue weighted by Gasteiger charge is -2.13. The van der Waals surface area contributed by atoms with Gasteiger partial charge in [0, 0.05) is 11.6 Å².